The summed E-state index contributed by atoms with van der Waals surface area (Å²) in [5.74, 6) is -6.88. The highest BCUT2D eigenvalue weighted by atomic mass is 32.2. The zero-order valence-corrected chi connectivity index (χ0v) is 19.5. The molecule has 0 unspecified atom stereocenters. The number of benzene rings is 1. The summed E-state index contributed by atoms with van der Waals surface area (Å²) in [5, 5.41) is 51.4. The number of hydrogen-bond acceptors (Lipinski definition) is 10. The van der Waals surface area contributed by atoms with Crippen LogP contribution in [-0.2, 0) is 30.4 Å². The zero-order valence-electron chi connectivity index (χ0n) is 18.7. The van der Waals surface area contributed by atoms with Crippen LogP contribution in [0.2, 0.25) is 0 Å². The van der Waals surface area contributed by atoms with Gasteiger partial charge in [-0.05, 0) is 31.0 Å². The number of thioether (sulfide) groups is 1. The summed E-state index contributed by atoms with van der Waals surface area (Å²) in [4.78, 5) is 57.5. The van der Waals surface area contributed by atoms with Crippen molar-refractivity contribution in [2.45, 2.75) is 48.7 Å². The van der Waals surface area contributed by atoms with Gasteiger partial charge in [-0.25, -0.2) is 0 Å². The molecule has 2 amide bonds. The standard InChI is InChI=1S/C20H28N4O10S/c1-20(22,19(33)34)6-9-4-12(25)16(29)13(5-9)35-8-11(17(30)23-7-15(27)28)24-14(26)3-2-10(21)18(31)32/h4-5,10-11,25,29H,2-3,6-8,21-22H2,1H3,(H,23,30)(H,24,26)(H,27,28)(H,31,32)(H,33,34)/t10-,11-,20-/m0/s1. The van der Waals surface area contributed by atoms with Crippen molar-refractivity contribution in [3.63, 3.8) is 0 Å². The molecular weight excluding hydrogens is 488 g/mol. The number of aliphatic carboxylic acids is 3. The van der Waals surface area contributed by atoms with E-state index in [9.17, 15) is 39.3 Å². The molecular formula is C20H28N4O10S. The predicted molar refractivity (Wildman–Crippen MR) is 122 cm³/mol. The minimum absolute atomic E-state index is 0.0411. The van der Waals surface area contributed by atoms with Gasteiger partial charge in [0.05, 0.1) is 4.90 Å². The van der Waals surface area contributed by atoms with Crippen LogP contribution in [0.4, 0.5) is 0 Å². The molecule has 0 aliphatic heterocycles. The fraction of sp³-hybridized carbons (Fsp3) is 0.450. The van der Waals surface area contributed by atoms with Gasteiger partial charge in [0.2, 0.25) is 11.8 Å². The van der Waals surface area contributed by atoms with E-state index in [2.05, 4.69) is 10.6 Å². The first-order chi connectivity index (χ1) is 16.1. The summed E-state index contributed by atoms with van der Waals surface area (Å²) in [6, 6.07) is -0.112. The molecule has 0 spiro atoms. The largest absolute Gasteiger partial charge is 0.504 e. The third kappa shape index (κ3) is 9.68. The van der Waals surface area contributed by atoms with Crippen LogP contribution in [0.25, 0.3) is 0 Å². The number of phenols is 2. The summed E-state index contributed by atoms with van der Waals surface area (Å²) in [6.45, 7) is 0.534. The van der Waals surface area contributed by atoms with Crippen molar-refractivity contribution >= 4 is 41.5 Å². The third-order valence-electron chi connectivity index (χ3n) is 4.65. The van der Waals surface area contributed by atoms with Crippen LogP contribution in [0.1, 0.15) is 25.3 Å². The molecule has 11 N–H and O–H groups in total. The average Bonchev–Trinajstić information content (AvgIpc) is 2.75. The van der Waals surface area contributed by atoms with E-state index in [1.807, 2.05) is 0 Å². The summed E-state index contributed by atoms with van der Waals surface area (Å²) < 4.78 is 0. The maximum atomic E-state index is 12.4. The van der Waals surface area contributed by atoms with Gasteiger partial charge >= 0.3 is 17.9 Å². The lowest BCUT2D eigenvalue weighted by molar-refractivity contribution is -0.142. The minimum Gasteiger partial charge on any atom is -0.504 e. The molecule has 35 heavy (non-hydrogen) atoms. The van der Waals surface area contributed by atoms with Gasteiger partial charge in [0, 0.05) is 18.6 Å². The summed E-state index contributed by atoms with van der Waals surface area (Å²) in [7, 11) is 0. The van der Waals surface area contributed by atoms with E-state index >= 15 is 0 Å². The Bertz CT molecular complexity index is 985. The molecule has 0 fully saturated rings. The van der Waals surface area contributed by atoms with Crippen molar-refractivity contribution in [1.82, 2.24) is 10.6 Å². The monoisotopic (exact) mass is 516 g/mol. The molecule has 0 aliphatic carbocycles. The minimum atomic E-state index is -1.67. The molecule has 14 nitrogen and oxygen atoms in total. The van der Waals surface area contributed by atoms with Crippen LogP contribution in [-0.4, -0.2) is 85.2 Å². The van der Waals surface area contributed by atoms with E-state index in [-0.39, 0.29) is 35.5 Å². The summed E-state index contributed by atoms with van der Waals surface area (Å²) in [6.07, 6.45) is -0.741. The maximum absolute atomic E-state index is 12.4. The molecule has 0 saturated carbocycles. The average molecular weight is 517 g/mol. The molecule has 1 rings (SSSR count). The van der Waals surface area contributed by atoms with Gasteiger partial charge in [0.25, 0.3) is 0 Å². The van der Waals surface area contributed by atoms with E-state index in [0.29, 0.717) is 0 Å². The van der Waals surface area contributed by atoms with Gasteiger partial charge in [0.1, 0.15) is 24.2 Å². The molecule has 15 heteroatoms. The molecule has 1 aromatic rings. The Morgan fingerprint density at radius 3 is 2.29 bits per heavy atom. The van der Waals surface area contributed by atoms with Crippen molar-refractivity contribution in [3.8, 4) is 11.5 Å². The van der Waals surface area contributed by atoms with Crippen LogP contribution in [0, 0.1) is 0 Å². The van der Waals surface area contributed by atoms with Crippen LogP contribution in [0.15, 0.2) is 17.0 Å². The molecule has 0 heterocycles. The SMILES string of the molecule is C[C@](N)(Cc1cc(O)c(O)c(SC[C@H](NC(=O)CC[C@H](N)C(=O)O)C(=O)NCC(=O)O)c1)C(=O)O. The molecule has 3 atom stereocenters. The highest BCUT2D eigenvalue weighted by molar-refractivity contribution is 7.99. The summed E-state index contributed by atoms with van der Waals surface area (Å²) in [5.41, 5.74) is 9.68. The smallest absolute Gasteiger partial charge is 0.323 e. The lowest BCUT2D eigenvalue weighted by atomic mass is 9.94. The number of rotatable bonds is 14. The highest BCUT2D eigenvalue weighted by Gasteiger charge is 2.29. The fourth-order valence-electron chi connectivity index (χ4n) is 2.68. The Balaban J connectivity index is 3.03. The molecule has 0 bridgehead atoms. The second kappa shape index (κ2) is 12.8. The maximum Gasteiger partial charge on any atom is 0.323 e. The van der Waals surface area contributed by atoms with Crippen LogP contribution < -0.4 is 22.1 Å². The summed E-state index contributed by atoms with van der Waals surface area (Å²) >= 11 is 0.812. The van der Waals surface area contributed by atoms with Gasteiger partial charge in [-0.2, -0.15) is 0 Å². The van der Waals surface area contributed by atoms with Crippen LogP contribution in [0.3, 0.4) is 0 Å². The van der Waals surface area contributed by atoms with Gasteiger partial charge in [-0.15, -0.1) is 11.8 Å². The van der Waals surface area contributed by atoms with Crippen molar-refractivity contribution in [2.75, 3.05) is 12.3 Å². The molecule has 0 aliphatic rings. The van der Waals surface area contributed by atoms with Crippen LogP contribution >= 0.6 is 11.8 Å². The number of nitrogens with one attached hydrogen (secondary N) is 2. The number of aromatic hydroxyl groups is 2. The number of carbonyl (C=O) groups excluding carboxylic acids is 2. The van der Waals surface area contributed by atoms with Crippen LogP contribution in [0.5, 0.6) is 11.5 Å². The van der Waals surface area contributed by atoms with Crippen molar-refractivity contribution < 1.29 is 49.5 Å². The van der Waals surface area contributed by atoms with Gasteiger partial charge < -0.3 is 47.6 Å². The second-order valence-corrected chi connectivity index (χ2v) is 8.95. The van der Waals surface area contributed by atoms with Crippen molar-refractivity contribution in [1.29, 1.82) is 0 Å². The van der Waals surface area contributed by atoms with Crippen molar-refractivity contribution in [3.05, 3.63) is 17.7 Å². The molecule has 0 aromatic heterocycles. The number of amides is 2. The predicted octanol–water partition coefficient (Wildman–Crippen LogP) is -1.59. The number of carboxylic acids is 3. The highest BCUT2D eigenvalue weighted by Crippen LogP contribution is 2.38. The Kier molecular flexibility index (Phi) is 10.8. The van der Waals surface area contributed by atoms with E-state index in [0.717, 1.165) is 17.8 Å². The Morgan fingerprint density at radius 2 is 1.74 bits per heavy atom. The zero-order chi connectivity index (χ0) is 26.9. The number of carbonyl (C=O) groups is 5. The number of phenolic OH excluding ortho intramolecular Hbond substituents is 2. The third-order valence-corrected chi connectivity index (χ3v) is 5.77. The first-order valence-corrected chi connectivity index (χ1v) is 11.1. The van der Waals surface area contributed by atoms with Gasteiger partial charge in [0.15, 0.2) is 11.5 Å². The first-order valence-electron chi connectivity index (χ1n) is 10.1. The number of nitrogens with two attached hydrogens (primary N) is 2. The molecule has 194 valence electrons. The van der Waals surface area contributed by atoms with E-state index < -0.39 is 65.4 Å². The Morgan fingerprint density at radius 1 is 1.11 bits per heavy atom. The van der Waals surface area contributed by atoms with E-state index in [4.69, 9.17) is 21.7 Å². The Labute approximate surface area is 203 Å². The first kappa shape index (κ1) is 29.5. The van der Waals surface area contributed by atoms with Gasteiger partial charge in [-0.1, -0.05) is 0 Å². The lowest BCUT2D eigenvalue weighted by Gasteiger charge is -2.21. The quantitative estimate of drug-likeness (QED) is 0.0998. The topological polar surface area (TPSA) is 263 Å². The van der Waals surface area contributed by atoms with E-state index in [1.54, 1.807) is 0 Å². The van der Waals surface area contributed by atoms with E-state index in [1.165, 1.54) is 13.0 Å². The molecule has 1 aromatic carbocycles. The second-order valence-electron chi connectivity index (χ2n) is 7.89. The Hall–Kier alpha value is -3.56. The fourth-order valence-corrected chi connectivity index (χ4v) is 3.74. The normalized spacial score (nSPS) is 14.3. The van der Waals surface area contributed by atoms with Gasteiger partial charge in [-0.3, -0.25) is 24.0 Å². The number of hydrogen-bond donors (Lipinski definition) is 9. The number of carboxylic acid groups (broad SMARTS) is 3. The lowest BCUT2D eigenvalue weighted by Crippen LogP contribution is -2.49. The molecule has 0 saturated heterocycles. The van der Waals surface area contributed by atoms with Crippen molar-refractivity contribution in [2.24, 2.45) is 11.5 Å². The molecule has 0 radical (unpaired) electrons.